The predicted octanol–water partition coefficient (Wildman–Crippen LogP) is 0.395. The highest BCUT2D eigenvalue weighted by molar-refractivity contribution is 5.76. The van der Waals surface area contributed by atoms with Gasteiger partial charge in [0.15, 0.2) is 17.5 Å². The average molecular weight is 392 g/mol. The average Bonchev–Trinajstić information content (AvgIpc) is 3.07. The van der Waals surface area contributed by atoms with Gasteiger partial charge in [-0.1, -0.05) is 5.21 Å². The fourth-order valence-electron chi connectivity index (χ4n) is 2.67. The minimum Gasteiger partial charge on any atom is -0.368 e. The second-order valence-electron chi connectivity index (χ2n) is 7.55. The van der Waals surface area contributed by atoms with E-state index in [4.69, 9.17) is 4.74 Å². The van der Waals surface area contributed by atoms with Crippen LogP contribution in [-0.4, -0.2) is 56.1 Å². The molecule has 1 aliphatic heterocycles. The lowest BCUT2D eigenvalue weighted by molar-refractivity contribution is -0.123. The molecule has 1 unspecified atom stereocenters. The third-order valence-electron chi connectivity index (χ3n) is 3.82. The van der Waals surface area contributed by atoms with E-state index in [2.05, 4.69) is 36.2 Å². The molecule has 0 aromatic carbocycles. The molecule has 2 aromatic heterocycles. The summed E-state index contributed by atoms with van der Waals surface area (Å²) in [5.41, 5.74) is 0.237. The number of carbonyl (C=O) groups excluding carboxylic acids is 1. The summed E-state index contributed by atoms with van der Waals surface area (Å²) in [5.74, 6) is -0.244. The number of aromatic nitrogens is 5. The van der Waals surface area contributed by atoms with Gasteiger partial charge in [0.2, 0.25) is 5.91 Å². The van der Waals surface area contributed by atoms with Gasteiger partial charge in [-0.05, 0) is 20.8 Å². The molecule has 3 N–H and O–H groups in total. The number of ether oxygens (including phenoxy) is 1. The summed E-state index contributed by atoms with van der Waals surface area (Å²) >= 11 is 0. The van der Waals surface area contributed by atoms with E-state index in [-0.39, 0.29) is 36.5 Å². The van der Waals surface area contributed by atoms with Crippen LogP contribution in [0.3, 0.4) is 0 Å². The molecular formula is C17H25FN8O2. The van der Waals surface area contributed by atoms with Crippen molar-refractivity contribution in [1.82, 2.24) is 35.6 Å². The standard InChI is InChI=1S/C17H25FN8O2/c1-17(2,3)23-14(27)10-26-9-11(24-25-26)6-20-15-12(18)7-21-16(22-15)13-8-19-4-5-28-13/h7,9,13,19H,4-6,8,10H2,1-3H3,(H,23,27)(H,20,21,22). The van der Waals surface area contributed by atoms with Crippen LogP contribution >= 0.6 is 0 Å². The first kappa shape index (κ1) is 20.1. The van der Waals surface area contributed by atoms with Gasteiger partial charge < -0.3 is 20.7 Å². The Morgan fingerprint density at radius 1 is 1.46 bits per heavy atom. The van der Waals surface area contributed by atoms with Crippen LogP contribution in [0, 0.1) is 5.82 Å². The molecule has 0 saturated carbocycles. The molecule has 152 valence electrons. The normalized spacial score (nSPS) is 17.4. The molecule has 1 atom stereocenters. The Morgan fingerprint density at radius 2 is 2.29 bits per heavy atom. The molecule has 2 aromatic rings. The number of amides is 1. The first-order chi connectivity index (χ1) is 13.3. The van der Waals surface area contributed by atoms with Crippen molar-refractivity contribution in [2.24, 2.45) is 0 Å². The fourth-order valence-corrected chi connectivity index (χ4v) is 2.67. The summed E-state index contributed by atoms with van der Waals surface area (Å²) < 4.78 is 21.1. The molecule has 0 aliphatic carbocycles. The number of nitrogens with zero attached hydrogens (tertiary/aromatic N) is 5. The van der Waals surface area contributed by atoms with Crippen LogP contribution < -0.4 is 16.0 Å². The molecule has 0 spiro atoms. The zero-order chi connectivity index (χ0) is 20.1. The summed E-state index contributed by atoms with van der Waals surface area (Å²) in [6.07, 6.45) is 2.44. The topological polar surface area (TPSA) is 119 Å². The van der Waals surface area contributed by atoms with Crippen LogP contribution in [0.5, 0.6) is 0 Å². The van der Waals surface area contributed by atoms with Crippen LogP contribution in [0.4, 0.5) is 10.2 Å². The minimum atomic E-state index is -0.565. The second-order valence-corrected chi connectivity index (χ2v) is 7.55. The molecule has 0 bridgehead atoms. The van der Waals surface area contributed by atoms with E-state index < -0.39 is 5.82 Å². The third-order valence-corrected chi connectivity index (χ3v) is 3.82. The zero-order valence-electron chi connectivity index (χ0n) is 16.2. The highest BCUT2D eigenvalue weighted by Gasteiger charge is 2.20. The maximum Gasteiger partial charge on any atom is 0.242 e. The SMILES string of the molecule is CC(C)(C)NC(=O)Cn1cc(CNc2nc(C3CNCCO3)ncc2F)nn1. The maximum atomic E-state index is 14.0. The monoisotopic (exact) mass is 392 g/mol. The summed E-state index contributed by atoms with van der Waals surface area (Å²) in [6.45, 7) is 7.88. The van der Waals surface area contributed by atoms with Crippen molar-refractivity contribution in [3.05, 3.63) is 29.7 Å². The van der Waals surface area contributed by atoms with E-state index in [9.17, 15) is 9.18 Å². The number of nitrogens with one attached hydrogen (secondary N) is 3. The number of hydrogen-bond donors (Lipinski definition) is 3. The molecule has 28 heavy (non-hydrogen) atoms. The number of hydrogen-bond acceptors (Lipinski definition) is 8. The first-order valence-electron chi connectivity index (χ1n) is 9.09. The Hall–Kier alpha value is -2.66. The Morgan fingerprint density at radius 3 is 3.00 bits per heavy atom. The van der Waals surface area contributed by atoms with E-state index in [1.165, 1.54) is 4.68 Å². The van der Waals surface area contributed by atoms with E-state index >= 15 is 0 Å². The predicted molar refractivity (Wildman–Crippen MR) is 98.8 cm³/mol. The highest BCUT2D eigenvalue weighted by Crippen LogP contribution is 2.18. The number of anilines is 1. The van der Waals surface area contributed by atoms with Gasteiger partial charge >= 0.3 is 0 Å². The van der Waals surface area contributed by atoms with Gasteiger partial charge in [-0.2, -0.15) is 0 Å². The number of carbonyl (C=O) groups is 1. The van der Waals surface area contributed by atoms with Gasteiger partial charge in [-0.15, -0.1) is 5.10 Å². The van der Waals surface area contributed by atoms with Crippen molar-refractivity contribution in [3.8, 4) is 0 Å². The van der Waals surface area contributed by atoms with Gasteiger partial charge in [0.05, 0.1) is 25.5 Å². The van der Waals surface area contributed by atoms with Gasteiger partial charge in [-0.3, -0.25) is 4.79 Å². The lowest BCUT2D eigenvalue weighted by Gasteiger charge is -2.22. The molecule has 1 amide bonds. The van der Waals surface area contributed by atoms with Crippen LogP contribution in [0.25, 0.3) is 0 Å². The summed E-state index contributed by atoms with van der Waals surface area (Å²) in [7, 11) is 0. The first-order valence-corrected chi connectivity index (χ1v) is 9.09. The van der Waals surface area contributed by atoms with E-state index in [0.717, 1.165) is 12.7 Å². The molecule has 1 aliphatic rings. The van der Waals surface area contributed by atoms with Gasteiger partial charge in [0.1, 0.15) is 18.3 Å². The number of halogens is 1. The molecule has 1 fully saturated rings. The van der Waals surface area contributed by atoms with Crippen molar-refractivity contribution in [1.29, 1.82) is 0 Å². The second kappa shape index (κ2) is 8.57. The van der Waals surface area contributed by atoms with Crippen LogP contribution in [0.1, 0.15) is 38.4 Å². The molecule has 3 heterocycles. The lowest BCUT2D eigenvalue weighted by atomic mass is 10.1. The van der Waals surface area contributed by atoms with Crippen LogP contribution in [0.2, 0.25) is 0 Å². The Balaban J connectivity index is 1.58. The van der Waals surface area contributed by atoms with E-state index in [0.29, 0.717) is 24.7 Å². The summed E-state index contributed by atoms with van der Waals surface area (Å²) in [6, 6.07) is 0. The molecule has 0 radical (unpaired) electrons. The van der Waals surface area contributed by atoms with Crippen LogP contribution in [0.15, 0.2) is 12.4 Å². The number of morpholine rings is 1. The highest BCUT2D eigenvalue weighted by atomic mass is 19.1. The third kappa shape index (κ3) is 5.67. The largest absolute Gasteiger partial charge is 0.368 e. The quantitative estimate of drug-likeness (QED) is 0.646. The number of rotatable bonds is 6. The van der Waals surface area contributed by atoms with E-state index in [1.807, 2.05) is 20.8 Å². The summed E-state index contributed by atoms with van der Waals surface area (Å²) in [5, 5.41) is 16.8. The summed E-state index contributed by atoms with van der Waals surface area (Å²) in [4.78, 5) is 20.2. The Bertz CT molecular complexity index is 814. The van der Waals surface area contributed by atoms with Crippen molar-refractivity contribution in [2.45, 2.75) is 45.5 Å². The van der Waals surface area contributed by atoms with Crippen LogP contribution in [-0.2, 0) is 22.6 Å². The smallest absolute Gasteiger partial charge is 0.242 e. The Kier molecular flexibility index (Phi) is 6.15. The van der Waals surface area contributed by atoms with E-state index in [1.54, 1.807) is 6.20 Å². The van der Waals surface area contributed by atoms with Gasteiger partial charge in [0.25, 0.3) is 0 Å². The molecule has 1 saturated heterocycles. The lowest BCUT2D eigenvalue weighted by Crippen LogP contribution is -2.42. The van der Waals surface area contributed by atoms with Gasteiger partial charge in [-0.25, -0.2) is 19.0 Å². The van der Waals surface area contributed by atoms with Crippen molar-refractivity contribution < 1.29 is 13.9 Å². The van der Waals surface area contributed by atoms with Crippen molar-refractivity contribution >= 4 is 11.7 Å². The minimum absolute atomic E-state index is 0.0578. The maximum absolute atomic E-state index is 14.0. The van der Waals surface area contributed by atoms with Crippen molar-refractivity contribution in [3.63, 3.8) is 0 Å². The van der Waals surface area contributed by atoms with Crippen molar-refractivity contribution in [2.75, 3.05) is 25.0 Å². The molecule has 11 heteroatoms. The fraction of sp³-hybridized carbons (Fsp3) is 0.588. The molecule has 3 rings (SSSR count). The Labute approximate surface area is 162 Å². The molecule has 10 nitrogen and oxygen atoms in total. The zero-order valence-corrected chi connectivity index (χ0v) is 16.2. The molecular weight excluding hydrogens is 367 g/mol. The van der Waals surface area contributed by atoms with Gasteiger partial charge in [0, 0.05) is 18.6 Å².